The van der Waals surface area contributed by atoms with E-state index in [-0.39, 0.29) is 5.97 Å². The molecular weight excluding hydrogens is 182 g/mol. The number of nitrogens with zero attached hydrogens (tertiary/aromatic N) is 1. The number of likely N-dealkylation sites (N-methyl/N-ethyl adjacent to an activating group) is 1. The van der Waals surface area contributed by atoms with Gasteiger partial charge in [0.15, 0.2) is 0 Å². The van der Waals surface area contributed by atoms with Crippen LogP contribution in [0.25, 0.3) is 0 Å². The summed E-state index contributed by atoms with van der Waals surface area (Å²) in [5.74, 6) is -0.149. The van der Waals surface area contributed by atoms with Gasteiger partial charge < -0.3 is 14.4 Å². The Bertz CT molecular complexity index is 178. The maximum atomic E-state index is 10.9. The highest BCUT2D eigenvalue weighted by molar-refractivity contribution is 5.69. The van der Waals surface area contributed by atoms with Crippen LogP contribution in [0, 0.1) is 0 Å². The molecule has 1 aliphatic rings. The van der Waals surface area contributed by atoms with E-state index in [0.717, 1.165) is 32.5 Å². The third-order valence-electron chi connectivity index (χ3n) is 2.46. The number of hydrogen-bond acceptors (Lipinski definition) is 4. The van der Waals surface area contributed by atoms with Crippen LogP contribution in [0.15, 0.2) is 0 Å². The number of hydrogen-bond donors (Lipinski definition) is 0. The van der Waals surface area contributed by atoms with E-state index >= 15 is 0 Å². The quantitative estimate of drug-likeness (QED) is 0.612. The third-order valence-corrected chi connectivity index (χ3v) is 2.46. The van der Waals surface area contributed by atoms with Gasteiger partial charge in [-0.2, -0.15) is 0 Å². The lowest BCUT2D eigenvalue weighted by Gasteiger charge is -2.19. The highest BCUT2D eigenvalue weighted by Gasteiger charge is 2.17. The van der Waals surface area contributed by atoms with Gasteiger partial charge in [0.05, 0.1) is 19.6 Å². The Labute approximate surface area is 85.2 Å². The van der Waals surface area contributed by atoms with Crippen molar-refractivity contribution in [1.29, 1.82) is 0 Å². The van der Waals surface area contributed by atoms with Crippen LogP contribution in [0.2, 0.25) is 0 Å². The summed E-state index contributed by atoms with van der Waals surface area (Å²) >= 11 is 0. The van der Waals surface area contributed by atoms with Crippen molar-refractivity contribution in [3.8, 4) is 0 Å². The fourth-order valence-electron chi connectivity index (χ4n) is 1.61. The first-order valence-corrected chi connectivity index (χ1v) is 5.09. The summed E-state index contributed by atoms with van der Waals surface area (Å²) in [5, 5.41) is 0. The van der Waals surface area contributed by atoms with E-state index in [4.69, 9.17) is 4.74 Å². The first-order valence-electron chi connectivity index (χ1n) is 5.09. The molecule has 0 spiro atoms. The van der Waals surface area contributed by atoms with Crippen LogP contribution in [0.3, 0.4) is 0 Å². The van der Waals surface area contributed by atoms with Crippen molar-refractivity contribution >= 4 is 5.97 Å². The van der Waals surface area contributed by atoms with Crippen LogP contribution >= 0.6 is 0 Å². The van der Waals surface area contributed by atoms with E-state index in [1.165, 1.54) is 7.11 Å². The van der Waals surface area contributed by atoms with Crippen LogP contribution in [-0.4, -0.2) is 50.8 Å². The zero-order valence-corrected chi connectivity index (χ0v) is 8.99. The average molecular weight is 201 g/mol. The molecule has 0 unspecified atom stereocenters. The number of esters is 1. The van der Waals surface area contributed by atoms with Crippen molar-refractivity contribution in [3.63, 3.8) is 0 Å². The maximum absolute atomic E-state index is 10.9. The minimum atomic E-state index is -0.149. The molecule has 1 saturated heterocycles. The summed E-state index contributed by atoms with van der Waals surface area (Å²) in [6.07, 6.45) is 3.12. The van der Waals surface area contributed by atoms with Gasteiger partial charge in [-0.05, 0) is 19.9 Å². The normalized spacial score (nSPS) is 21.5. The number of methoxy groups -OCH3 is 1. The van der Waals surface area contributed by atoms with Crippen molar-refractivity contribution in [1.82, 2.24) is 4.90 Å². The molecule has 0 aliphatic carbocycles. The Morgan fingerprint density at radius 2 is 2.43 bits per heavy atom. The Balaban J connectivity index is 2.08. The number of carbonyl (C=O) groups excluding carboxylic acids is 1. The lowest BCUT2D eigenvalue weighted by molar-refractivity contribution is -0.141. The molecule has 0 aromatic carbocycles. The molecule has 4 nitrogen and oxygen atoms in total. The smallest absolute Gasteiger partial charge is 0.306 e. The first kappa shape index (κ1) is 11.5. The van der Waals surface area contributed by atoms with E-state index in [1.807, 2.05) is 7.05 Å². The Morgan fingerprint density at radius 1 is 1.64 bits per heavy atom. The Kier molecular flexibility index (Phi) is 4.90. The molecule has 1 atom stereocenters. The van der Waals surface area contributed by atoms with Gasteiger partial charge in [0.2, 0.25) is 0 Å². The highest BCUT2D eigenvalue weighted by Crippen LogP contribution is 2.12. The second kappa shape index (κ2) is 5.98. The molecule has 4 heteroatoms. The van der Waals surface area contributed by atoms with Gasteiger partial charge in [-0.15, -0.1) is 0 Å². The molecule has 1 rings (SSSR count). The molecular formula is C10H19NO3. The molecule has 14 heavy (non-hydrogen) atoms. The van der Waals surface area contributed by atoms with Crippen molar-refractivity contribution in [2.45, 2.75) is 25.4 Å². The highest BCUT2D eigenvalue weighted by atomic mass is 16.5. The van der Waals surface area contributed by atoms with Crippen LogP contribution < -0.4 is 0 Å². The summed E-state index contributed by atoms with van der Waals surface area (Å²) < 4.78 is 10.1. The molecule has 1 fully saturated rings. The second-order valence-electron chi connectivity index (χ2n) is 3.72. The topological polar surface area (TPSA) is 38.8 Å². The van der Waals surface area contributed by atoms with Crippen LogP contribution in [0.4, 0.5) is 0 Å². The van der Waals surface area contributed by atoms with Gasteiger partial charge in [0, 0.05) is 19.7 Å². The zero-order valence-electron chi connectivity index (χ0n) is 8.99. The van der Waals surface area contributed by atoms with Crippen LogP contribution in [-0.2, 0) is 14.3 Å². The van der Waals surface area contributed by atoms with Crippen LogP contribution in [0.5, 0.6) is 0 Å². The minimum Gasteiger partial charge on any atom is -0.469 e. The molecule has 0 N–H and O–H groups in total. The first-order chi connectivity index (χ1) is 6.72. The number of rotatable bonds is 5. The number of ether oxygens (including phenoxy) is 2. The fourth-order valence-corrected chi connectivity index (χ4v) is 1.61. The van der Waals surface area contributed by atoms with Gasteiger partial charge >= 0.3 is 5.97 Å². The number of carbonyl (C=O) groups is 1. The lowest BCUT2D eigenvalue weighted by Crippen LogP contribution is -2.30. The zero-order chi connectivity index (χ0) is 10.4. The fraction of sp³-hybridized carbons (Fsp3) is 0.900. The van der Waals surface area contributed by atoms with Crippen molar-refractivity contribution in [2.75, 3.05) is 33.9 Å². The Morgan fingerprint density at radius 3 is 3.00 bits per heavy atom. The second-order valence-corrected chi connectivity index (χ2v) is 3.72. The van der Waals surface area contributed by atoms with Crippen molar-refractivity contribution in [3.05, 3.63) is 0 Å². The van der Waals surface area contributed by atoms with Gasteiger partial charge in [-0.3, -0.25) is 4.79 Å². The van der Waals surface area contributed by atoms with Crippen molar-refractivity contribution in [2.24, 2.45) is 0 Å². The van der Waals surface area contributed by atoms with E-state index in [9.17, 15) is 4.79 Å². The van der Waals surface area contributed by atoms with Gasteiger partial charge in [0.1, 0.15) is 0 Å². The maximum Gasteiger partial charge on any atom is 0.306 e. The summed E-state index contributed by atoms with van der Waals surface area (Å²) in [6.45, 7) is 2.54. The molecule has 0 bridgehead atoms. The molecule has 0 aromatic heterocycles. The van der Waals surface area contributed by atoms with Gasteiger partial charge in [-0.25, -0.2) is 0 Å². The molecule has 1 aliphatic heterocycles. The summed E-state index contributed by atoms with van der Waals surface area (Å²) in [7, 11) is 3.42. The van der Waals surface area contributed by atoms with Crippen molar-refractivity contribution < 1.29 is 14.3 Å². The average Bonchev–Trinajstić information content (AvgIpc) is 2.66. The molecule has 0 radical (unpaired) electrons. The molecule has 82 valence electrons. The third kappa shape index (κ3) is 4.07. The van der Waals surface area contributed by atoms with E-state index < -0.39 is 0 Å². The SMILES string of the molecule is COC(=O)CCN(C)C[C@@H]1CCCO1. The summed E-state index contributed by atoms with van der Waals surface area (Å²) in [5.41, 5.74) is 0. The predicted octanol–water partition coefficient (Wildman–Crippen LogP) is 0.660. The minimum absolute atomic E-state index is 0.149. The summed E-state index contributed by atoms with van der Waals surface area (Å²) in [4.78, 5) is 13.0. The standard InChI is InChI=1S/C10H19NO3/c1-11(6-5-10(12)13-2)8-9-4-3-7-14-9/h9H,3-8H2,1-2H3/t9-/m0/s1. The lowest BCUT2D eigenvalue weighted by atomic mass is 10.2. The monoisotopic (exact) mass is 201 g/mol. The molecule has 0 aromatic rings. The van der Waals surface area contributed by atoms with Crippen LogP contribution in [0.1, 0.15) is 19.3 Å². The van der Waals surface area contributed by atoms with E-state index in [0.29, 0.717) is 12.5 Å². The molecule has 1 heterocycles. The Hall–Kier alpha value is -0.610. The van der Waals surface area contributed by atoms with Gasteiger partial charge in [-0.1, -0.05) is 0 Å². The molecule has 0 saturated carbocycles. The van der Waals surface area contributed by atoms with E-state index in [1.54, 1.807) is 0 Å². The molecule has 0 amide bonds. The largest absolute Gasteiger partial charge is 0.469 e. The van der Waals surface area contributed by atoms with E-state index in [2.05, 4.69) is 9.64 Å². The summed E-state index contributed by atoms with van der Waals surface area (Å²) in [6, 6.07) is 0. The van der Waals surface area contributed by atoms with Gasteiger partial charge in [0.25, 0.3) is 0 Å². The predicted molar refractivity (Wildman–Crippen MR) is 53.1 cm³/mol.